The number of hydrogen-bond donors (Lipinski definition) is 1. The van der Waals surface area contributed by atoms with Crippen molar-refractivity contribution >= 4 is 5.97 Å². The van der Waals surface area contributed by atoms with Gasteiger partial charge in [0.15, 0.2) is 11.5 Å². The highest BCUT2D eigenvalue weighted by Crippen LogP contribution is 2.30. The number of carbonyl (C=O) groups excluding carboxylic acids is 1. The van der Waals surface area contributed by atoms with E-state index in [1.54, 1.807) is 24.3 Å². The second-order valence-electron chi connectivity index (χ2n) is 3.59. The summed E-state index contributed by atoms with van der Waals surface area (Å²) in [7, 11) is 1.43. The molecule has 92 valence electrons. The van der Waals surface area contributed by atoms with Gasteiger partial charge in [-0.3, -0.25) is 0 Å². The first-order chi connectivity index (χ1) is 8.70. The van der Waals surface area contributed by atoms with E-state index in [0.717, 1.165) is 0 Å². The van der Waals surface area contributed by atoms with Gasteiger partial charge in [0.2, 0.25) is 0 Å². The molecule has 0 atom stereocenters. The van der Waals surface area contributed by atoms with Gasteiger partial charge in [-0.2, -0.15) is 0 Å². The van der Waals surface area contributed by atoms with E-state index in [1.165, 1.54) is 25.3 Å². The van der Waals surface area contributed by atoms with Crippen molar-refractivity contribution in [1.29, 1.82) is 0 Å². The molecule has 1 N–H and O–H groups in total. The van der Waals surface area contributed by atoms with Crippen molar-refractivity contribution in [3.05, 3.63) is 54.1 Å². The fraction of sp³-hybridized carbons (Fsp3) is 0.0714. The second-order valence-corrected chi connectivity index (χ2v) is 3.59. The van der Waals surface area contributed by atoms with Crippen LogP contribution in [0.25, 0.3) is 0 Å². The zero-order valence-corrected chi connectivity index (χ0v) is 9.79. The Morgan fingerprint density at radius 2 is 1.83 bits per heavy atom. The van der Waals surface area contributed by atoms with Crippen LogP contribution in [0, 0.1) is 0 Å². The van der Waals surface area contributed by atoms with Gasteiger partial charge in [-0.15, -0.1) is 0 Å². The molecule has 0 aliphatic carbocycles. The summed E-state index contributed by atoms with van der Waals surface area (Å²) in [6, 6.07) is 13.0. The molecule has 0 aliphatic rings. The van der Waals surface area contributed by atoms with Crippen LogP contribution in [-0.4, -0.2) is 18.2 Å². The lowest BCUT2D eigenvalue weighted by Gasteiger charge is -2.07. The maximum absolute atomic E-state index is 11.8. The van der Waals surface area contributed by atoms with Crippen LogP contribution in [0.4, 0.5) is 0 Å². The Morgan fingerprint density at radius 1 is 1.11 bits per heavy atom. The Bertz CT molecular complexity index is 549. The van der Waals surface area contributed by atoms with E-state index in [-0.39, 0.29) is 11.5 Å². The highest BCUT2D eigenvalue weighted by atomic mass is 16.5. The molecule has 2 aromatic carbocycles. The van der Waals surface area contributed by atoms with Crippen LogP contribution in [0.1, 0.15) is 10.4 Å². The Kier molecular flexibility index (Phi) is 3.48. The zero-order chi connectivity index (χ0) is 13.0. The molecule has 0 aromatic heterocycles. The van der Waals surface area contributed by atoms with Crippen LogP contribution < -0.4 is 9.47 Å². The predicted molar refractivity (Wildman–Crippen MR) is 66.1 cm³/mol. The molecule has 0 fully saturated rings. The van der Waals surface area contributed by atoms with Crippen molar-refractivity contribution in [3.8, 4) is 17.2 Å². The van der Waals surface area contributed by atoms with E-state index in [1.807, 2.05) is 6.07 Å². The summed E-state index contributed by atoms with van der Waals surface area (Å²) in [6.07, 6.45) is 0. The Labute approximate surface area is 104 Å². The van der Waals surface area contributed by atoms with E-state index in [0.29, 0.717) is 11.3 Å². The molecule has 0 amide bonds. The topological polar surface area (TPSA) is 55.8 Å². The lowest BCUT2D eigenvalue weighted by Crippen LogP contribution is -2.08. The third kappa shape index (κ3) is 2.60. The maximum Gasteiger partial charge on any atom is 0.343 e. The second kappa shape index (κ2) is 5.23. The first kappa shape index (κ1) is 12.0. The van der Waals surface area contributed by atoms with E-state index in [4.69, 9.17) is 9.47 Å². The molecule has 4 heteroatoms. The number of benzene rings is 2. The minimum absolute atomic E-state index is 0.00277. The molecule has 2 rings (SSSR count). The van der Waals surface area contributed by atoms with Crippen molar-refractivity contribution < 1.29 is 19.4 Å². The summed E-state index contributed by atoms with van der Waals surface area (Å²) in [5, 5.41) is 9.42. The third-order valence-corrected chi connectivity index (χ3v) is 2.37. The quantitative estimate of drug-likeness (QED) is 0.666. The van der Waals surface area contributed by atoms with Gasteiger partial charge < -0.3 is 14.6 Å². The molecule has 0 radical (unpaired) electrons. The SMILES string of the molecule is COc1cc(OC(=O)c2ccccc2)ccc1O. The normalized spacial score (nSPS) is 9.83. The van der Waals surface area contributed by atoms with Crippen LogP contribution in [0.2, 0.25) is 0 Å². The number of rotatable bonds is 3. The van der Waals surface area contributed by atoms with Gasteiger partial charge >= 0.3 is 5.97 Å². The molecule has 0 heterocycles. The average Bonchev–Trinajstić information content (AvgIpc) is 2.42. The molecule has 0 saturated heterocycles. The molecule has 0 spiro atoms. The summed E-state index contributed by atoms with van der Waals surface area (Å²) < 4.78 is 10.1. The van der Waals surface area contributed by atoms with Crippen molar-refractivity contribution in [2.45, 2.75) is 0 Å². The van der Waals surface area contributed by atoms with Crippen molar-refractivity contribution in [2.24, 2.45) is 0 Å². The number of hydrogen-bond acceptors (Lipinski definition) is 4. The minimum Gasteiger partial charge on any atom is -0.504 e. The van der Waals surface area contributed by atoms with Crippen LogP contribution in [0.5, 0.6) is 17.2 Å². The largest absolute Gasteiger partial charge is 0.504 e. The monoisotopic (exact) mass is 244 g/mol. The smallest absolute Gasteiger partial charge is 0.343 e. The first-order valence-corrected chi connectivity index (χ1v) is 5.35. The van der Waals surface area contributed by atoms with Gasteiger partial charge in [0.25, 0.3) is 0 Å². The first-order valence-electron chi connectivity index (χ1n) is 5.35. The molecule has 18 heavy (non-hydrogen) atoms. The number of methoxy groups -OCH3 is 1. The van der Waals surface area contributed by atoms with Gasteiger partial charge in [0.1, 0.15) is 5.75 Å². The predicted octanol–water partition coefficient (Wildman–Crippen LogP) is 2.62. The fourth-order valence-corrected chi connectivity index (χ4v) is 1.46. The summed E-state index contributed by atoms with van der Waals surface area (Å²) in [5.74, 6) is 0.118. The number of ether oxygens (including phenoxy) is 2. The third-order valence-electron chi connectivity index (χ3n) is 2.37. The fourth-order valence-electron chi connectivity index (χ4n) is 1.46. The molecule has 4 nitrogen and oxygen atoms in total. The maximum atomic E-state index is 11.8. The van der Waals surface area contributed by atoms with E-state index in [9.17, 15) is 9.90 Å². The number of esters is 1. The summed E-state index contributed by atoms with van der Waals surface area (Å²) >= 11 is 0. The van der Waals surface area contributed by atoms with Gasteiger partial charge in [-0.1, -0.05) is 18.2 Å². The number of phenolic OH excluding ortho intramolecular Hbond substituents is 1. The number of carbonyl (C=O) groups is 1. The highest BCUT2D eigenvalue weighted by molar-refractivity contribution is 5.91. The van der Waals surface area contributed by atoms with Gasteiger partial charge in [0.05, 0.1) is 12.7 Å². The van der Waals surface area contributed by atoms with Crippen LogP contribution in [0.15, 0.2) is 48.5 Å². The Hall–Kier alpha value is -2.49. The number of phenols is 1. The van der Waals surface area contributed by atoms with Crippen molar-refractivity contribution in [2.75, 3.05) is 7.11 Å². The van der Waals surface area contributed by atoms with E-state index < -0.39 is 5.97 Å². The molecular weight excluding hydrogens is 232 g/mol. The van der Waals surface area contributed by atoms with Crippen LogP contribution in [0.3, 0.4) is 0 Å². The Balaban J connectivity index is 2.17. The van der Waals surface area contributed by atoms with Crippen molar-refractivity contribution in [1.82, 2.24) is 0 Å². The molecule has 0 aliphatic heterocycles. The average molecular weight is 244 g/mol. The molecule has 2 aromatic rings. The summed E-state index contributed by atoms with van der Waals surface area (Å²) in [6.45, 7) is 0. The highest BCUT2D eigenvalue weighted by Gasteiger charge is 2.09. The van der Waals surface area contributed by atoms with Gasteiger partial charge in [-0.25, -0.2) is 4.79 Å². The molecule has 0 saturated carbocycles. The minimum atomic E-state index is -0.455. The molecule has 0 unspecified atom stereocenters. The van der Waals surface area contributed by atoms with Gasteiger partial charge in [0, 0.05) is 6.07 Å². The summed E-state index contributed by atoms with van der Waals surface area (Å²) in [5.41, 5.74) is 0.463. The molecule has 0 bridgehead atoms. The zero-order valence-electron chi connectivity index (χ0n) is 9.79. The molecular formula is C14H12O4. The Morgan fingerprint density at radius 3 is 2.50 bits per heavy atom. The van der Waals surface area contributed by atoms with Gasteiger partial charge in [-0.05, 0) is 24.3 Å². The van der Waals surface area contributed by atoms with E-state index in [2.05, 4.69) is 0 Å². The number of aromatic hydroxyl groups is 1. The lowest BCUT2D eigenvalue weighted by atomic mass is 10.2. The van der Waals surface area contributed by atoms with Crippen LogP contribution in [-0.2, 0) is 0 Å². The standard InChI is InChI=1S/C14H12O4/c1-17-13-9-11(7-8-12(13)15)18-14(16)10-5-3-2-4-6-10/h2-9,15H,1H3. The van der Waals surface area contributed by atoms with Crippen LogP contribution >= 0.6 is 0 Å². The summed E-state index contributed by atoms with van der Waals surface area (Å²) in [4.78, 5) is 11.8. The lowest BCUT2D eigenvalue weighted by molar-refractivity contribution is 0.0734. The van der Waals surface area contributed by atoms with Crippen molar-refractivity contribution in [3.63, 3.8) is 0 Å². The van der Waals surface area contributed by atoms with E-state index >= 15 is 0 Å².